The van der Waals surface area contributed by atoms with Crippen LogP contribution in [-0.4, -0.2) is 39.3 Å². The monoisotopic (exact) mass is 397 g/mol. The van der Waals surface area contributed by atoms with Crippen LogP contribution < -0.4 is 5.48 Å². The summed E-state index contributed by atoms with van der Waals surface area (Å²) < 4.78 is 1.15. The molecule has 2 aromatic heterocycles. The number of anilines is 1. The van der Waals surface area contributed by atoms with Crippen LogP contribution in [-0.2, 0) is 9.63 Å². The number of rotatable bonds is 7. The van der Waals surface area contributed by atoms with Gasteiger partial charge in [0.05, 0.1) is 34.3 Å². The van der Waals surface area contributed by atoms with Crippen molar-refractivity contribution in [1.82, 2.24) is 20.2 Å². The highest BCUT2D eigenvalue weighted by molar-refractivity contribution is 7.99. The van der Waals surface area contributed by atoms with Crippen molar-refractivity contribution in [2.45, 2.75) is 5.16 Å². The molecule has 4 rings (SSSR count). The van der Waals surface area contributed by atoms with Gasteiger partial charge in [0.2, 0.25) is 5.16 Å². The number of benzene rings is 2. The van der Waals surface area contributed by atoms with Gasteiger partial charge in [0.15, 0.2) is 5.82 Å². The van der Waals surface area contributed by atoms with E-state index in [0.717, 1.165) is 38.9 Å². The van der Waals surface area contributed by atoms with Crippen LogP contribution in [0, 0.1) is 0 Å². The smallest absolute Gasteiger partial charge is 0.209 e. The molecule has 0 spiro atoms. The summed E-state index contributed by atoms with van der Waals surface area (Å²) in [6, 6.07) is 12.2. The third-order valence-corrected chi connectivity index (χ3v) is 5.39. The minimum atomic E-state index is 0.321. The number of nitrogens with one attached hydrogen (secondary N) is 2. The second kappa shape index (κ2) is 7.87. The van der Waals surface area contributed by atoms with E-state index < -0.39 is 0 Å². The molecule has 0 unspecified atom stereocenters. The number of carbonyl (C=O) groups excluding carboxylic acids is 1. The van der Waals surface area contributed by atoms with Gasteiger partial charge in [-0.3, -0.25) is 15.4 Å². The number of thiazole rings is 1. The summed E-state index contributed by atoms with van der Waals surface area (Å²) in [7, 11) is 1.57. The largest absolute Gasteiger partial charge is 0.302 e. The number of hydrogen-bond acceptors (Lipinski definition) is 8. The van der Waals surface area contributed by atoms with Gasteiger partial charge in [-0.2, -0.15) is 0 Å². The molecule has 0 amide bonds. The number of carbonyl (C=O) groups is 1. The Morgan fingerprint density at radius 3 is 2.96 bits per heavy atom. The fraction of sp³-hybridized carbons (Fsp3) is 0.111. The summed E-state index contributed by atoms with van der Waals surface area (Å²) >= 11 is 2.90. The molecular formula is C18H15N5O2S2. The Labute approximate surface area is 163 Å². The molecule has 0 atom stereocenters. The molecule has 0 radical (unpaired) electrons. The standard InChI is InChI=1S/C18H15N5O2S2/c1-25-23-14-7-12(11-2-3-16-15(9-11)19-10-27-16)6-13(8-14)17-20-18(22-21-17)26-5-4-24/h2-4,6-10,23H,5H2,1H3,(H,20,21,22). The van der Waals surface area contributed by atoms with Gasteiger partial charge in [-0.25, -0.2) is 9.97 Å². The van der Waals surface area contributed by atoms with E-state index in [4.69, 9.17) is 4.84 Å². The Morgan fingerprint density at radius 2 is 2.11 bits per heavy atom. The van der Waals surface area contributed by atoms with Crippen LogP contribution >= 0.6 is 23.1 Å². The van der Waals surface area contributed by atoms with E-state index in [-0.39, 0.29) is 0 Å². The molecule has 4 aromatic rings. The van der Waals surface area contributed by atoms with Crippen molar-refractivity contribution in [2.75, 3.05) is 18.3 Å². The fourth-order valence-corrected chi connectivity index (χ4v) is 3.84. The first-order valence-corrected chi connectivity index (χ1v) is 9.90. The Hall–Kier alpha value is -2.75. The number of aromatic amines is 1. The number of fused-ring (bicyclic) bond motifs is 1. The minimum absolute atomic E-state index is 0.321. The number of thioether (sulfide) groups is 1. The van der Waals surface area contributed by atoms with Crippen molar-refractivity contribution in [3.05, 3.63) is 41.9 Å². The van der Waals surface area contributed by atoms with Gasteiger partial charge in [0, 0.05) is 5.56 Å². The number of H-pyrrole nitrogens is 1. The summed E-state index contributed by atoms with van der Waals surface area (Å²) in [5.41, 5.74) is 9.38. The van der Waals surface area contributed by atoms with Gasteiger partial charge in [-0.05, 0) is 41.5 Å². The van der Waals surface area contributed by atoms with E-state index in [1.165, 1.54) is 11.8 Å². The highest BCUT2D eigenvalue weighted by atomic mass is 32.2. The zero-order valence-electron chi connectivity index (χ0n) is 14.3. The molecule has 0 bridgehead atoms. The van der Waals surface area contributed by atoms with E-state index in [1.807, 2.05) is 23.7 Å². The Bertz CT molecular complexity index is 1090. The van der Waals surface area contributed by atoms with Crippen molar-refractivity contribution in [1.29, 1.82) is 0 Å². The topological polar surface area (TPSA) is 92.8 Å². The first kappa shape index (κ1) is 17.7. The minimum Gasteiger partial charge on any atom is -0.302 e. The van der Waals surface area contributed by atoms with Crippen LogP contribution in [0.1, 0.15) is 0 Å². The second-order valence-electron chi connectivity index (χ2n) is 5.58. The van der Waals surface area contributed by atoms with Crippen LogP contribution in [0.4, 0.5) is 5.69 Å². The third-order valence-electron chi connectivity index (χ3n) is 3.84. The lowest BCUT2D eigenvalue weighted by molar-refractivity contribution is -0.105. The van der Waals surface area contributed by atoms with Crippen molar-refractivity contribution in [2.24, 2.45) is 0 Å². The van der Waals surface area contributed by atoms with Crippen LogP contribution in [0.15, 0.2) is 47.1 Å². The molecule has 2 aromatic carbocycles. The molecule has 0 aliphatic carbocycles. The molecule has 136 valence electrons. The maximum absolute atomic E-state index is 10.5. The maximum Gasteiger partial charge on any atom is 0.209 e. The van der Waals surface area contributed by atoms with Crippen molar-refractivity contribution >= 4 is 45.3 Å². The lowest BCUT2D eigenvalue weighted by Gasteiger charge is -2.09. The first-order chi connectivity index (χ1) is 13.3. The van der Waals surface area contributed by atoms with Crippen molar-refractivity contribution < 1.29 is 9.63 Å². The average Bonchev–Trinajstić information content (AvgIpc) is 3.35. The first-order valence-electron chi connectivity index (χ1n) is 8.04. The average molecular weight is 397 g/mol. The summed E-state index contributed by atoms with van der Waals surface area (Å²) in [4.78, 5) is 24.5. The van der Waals surface area contributed by atoms with Gasteiger partial charge in [-0.1, -0.05) is 17.8 Å². The van der Waals surface area contributed by atoms with E-state index in [1.54, 1.807) is 18.4 Å². The van der Waals surface area contributed by atoms with E-state index >= 15 is 0 Å². The molecule has 0 fully saturated rings. The maximum atomic E-state index is 10.5. The summed E-state index contributed by atoms with van der Waals surface area (Å²) in [6.45, 7) is 0. The number of hydrogen-bond donors (Lipinski definition) is 2. The fourth-order valence-electron chi connectivity index (χ4n) is 2.69. The van der Waals surface area contributed by atoms with Gasteiger partial charge >= 0.3 is 0 Å². The van der Waals surface area contributed by atoms with Gasteiger partial charge in [0.1, 0.15) is 6.29 Å². The Kier molecular flexibility index (Phi) is 5.14. The number of nitrogens with zero attached hydrogens (tertiary/aromatic N) is 3. The summed E-state index contributed by atoms with van der Waals surface area (Å²) in [5.74, 6) is 0.945. The lowest BCUT2D eigenvalue weighted by Crippen LogP contribution is -1.96. The molecule has 0 aliphatic heterocycles. The Balaban J connectivity index is 1.75. The second-order valence-corrected chi connectivity index (χ2v) is 7.46. The normalized spacial score (nSPS) is 11.0. The highest BCUT2D eigenvalue weighted by Gasteiger charge is 2.11. The Morgan fingerprint density at radius 1 is 1.22 bits per heavy atom. The van der Waals surface area contributed by atoms with Gasteiger partial charge in [-0.15, -0.1) is 16.4 Å². The number of aldehydes is 1. The van der Waals surface area contributed by atoms with Crippen LogP contribution in [0.25, 0.3) is 32.7 Å². The zero-order valence-corrected chi connectivity index (χ0v) is 15.9. The molecule has 2 N–H and O–H groups in total. The molecule has 0 aliphatic rings. The SMILES string of the molecule is CONc1cc(-c2ccc3scnc3c2)cc(-c2nc(SCC=O)n[nH]2)c1. The molecule has 27 heavy (non-hydrogen) atoms. The van der Waals surface area contributed by atoms with Gasteiger partial charge < -0.3 is 4.79 Å². The summed E-state index contributed by atoms with van der Waals surface area (Å²) in [6.07, 6.45) is 0.830. The predicted octanol–water partition coefficient (Wildman–Crippen LogP) is 4.01. The molecule has 2 heterocycles. The summed E-state index contributed by atoms with van der Waals surface area (Å²) in [5, 5.41) is 7.61. The van der Waals surface area contributed by atoms with E-state index in [2.05, 4.69) is 43.8 Å². The molecule has 0 saturated heterocycles. The zero-order chi connectivity index (χ0) is 18.6. The van der Waals surface area contributed by atoms with Gasteiger partial charge in [0.25, 0.3) is 0 Å². The van der Waals surface area contributed by atoms with E-state index in [0.29, 0.717) is 16.7 Å². The van der Waals surface area contributed by atoms with E-state index in [9.17, 15) is 4.79 Å². The van der Waals surface area contributed by atoms with Crippen LogP contribution in [0.2, 0.25) is 0 Å². The van der Waals surface area contributed by atoms with Crippen LogP contribution in [0.3, 0.4) is 0 Å². The molecular weight excluding hydrogens is 382 g/mol. The third kappa shape index (κ3) is 3.85. The lowest BCUT2D eigenvalue weighted by atomic mass is 10.0. The van der Waals surface area contributed by atoms with Crippen molar-refractivity contribution in [3.8, 4) is 22.5 Å². The molecule has 9 heteroatoms. The predicted molar refractivity (Wildman–Crippen MR) is 108 cm³/mol. The quantitative estimate of drug-likeness (QED) is 0.276. The number of aromatic nitrogens is 4. The van der Waals surface area contributed by atoms with Crippen molar-refractivity contribution in [3.63, 3.8) is 0 Å². The van der Waals surface area contributed by atoms with Crippen LogP contribution in [0.5, 0.6) is 0 Å². The highest BCUT2D eigenvalue weighted by Crippen LogP contribution is 2.32. The molecule has 7 nitrogen and oxygen atoms in total. The molecule has 0 saturated carbocycles.